The van der Waals surface area contributed by atoms with E-state index in [9.17, 15) is 9.59 Å². The largest absolute Gasteiger partial charge is 0.346 e. The molecule has 1 fully saturated rings. The van der Waals surface area contributed by atoms with Crippen molar-refractivity contribution in [2.24, 2.45) is 18.7 Å². The molecule has 0 saturated heterocycles. The second kappa shape index (κ2) is 5.97. The zero-order valence-electron chi connectivity index (χ0n) is 12.1. The van der Waals surface area contributed by atoms with Crippen molar-refractivity contribution in [3.8, 4) is 0 Å². The molecule has 0 bridgehead atoms. The molecule has 1 aromatic rings. The van der Waals surface area contributed by atoms with Gasteiger partial charge in [0.05, 0.1) is 5.54 Å². The van der Waals surface area contributed by atoms with E-state index in [0.717, 1.165) is 12.8 Å². The molecule has 0 aromatic carbocycles. The summed E-state index contributed by atoms with van der Waals surface area (Å²) in [5.41, 5.74) is 6.48. The van der Waals surface area contributed by atoms with Gasteiger partial charge < -0.3 is 15.6 Å². The molecular formula is C14H22ClN3O2. The molecule has 1 atom stereocenters. The lowest BCUT2D eigenvalue weighted by Gasteiger charge is -2.29. The number of nitrogens with zero attached hydrogens (tertiary/aromatic N) is 1. The number of amides is 1. The zero-order valence-corrected chi connectivity index (χ0v) is 12.9. The number of rotatable bonds is 5. The van der Waals surface area contributed by atoms with Gasteiger partial charge in [-0.2, -0.15) is 0 Å². The monoisotopic (exact) mass is 299 g/mol. The van der Waals surface area contributed by atoms with Crippen molar-refractivity contribution in [1.29, 1.82) is 0 Å². The van der Waals surface area contributed by atoms with Crippen LogP contribution in [0.5, 0.6) is 0 Å². The maximum absolute atomic E-state index is 12.3. The summed E-state index contributed by atoms with van der Waals surface area (Å²) in [5.74, 6) is 0.252. The Labute approximate surface area is 125 Å². The molecule has 1 amide bonds. The van der Waals surface area contributed by atoms with E-state index in [1.54, 1.807) is 23.9 Å². The zero-order chi connectivity index (χ0) is 14.2. The second-order valence-electron chi connectivity index (χ2n) is 5.63. The Balaban J connectivity index is 0.00000200. The predicted molar refractivity (Wildman–Crippen MR) is 80.3 cm³/mol. The average Bonchev–Trinajstić information content (AvgIpc) is 3.12. The fourth-order valence-corrected chi connectivity index (χ4v) is 2.35. The van der Waals surface area contributed by atoms with Gasteiger partial charge in [-0.3, -0.25) is 9.59 Å². The van der Waals surface area contributed by atoms with Gasteiger partial charge in [-0.15, -0.1) is 12.4 Å². The van der Waals surface area contributed by atoms with Crippen LogP contribution in [0, 0.1) is 5.92 Å². The number of halogens is 1. The Morgan fingerprint density at radius 3 is 2.50 bits per heavy atom. The SMILES string of the molecule is CC(=O)c1cc(C(=O)NC(C)(CN)C2CC2)n(C)c1.Cl. The molecule has 1 aromatic heterocycles. The van der Waals surface area contributed by atoms with E-state index in [4.69, 9.17) is 5.73 Å². The Kier molecular flexibility index (Phi) is 5.00. The third kappa shape index (κ3) is 3.22. The van der Waals surface area contributed by atoms with Gasteiger partial charge in [-0.05, 0) is 38.7 Å². The Morgan fingerprint density at radius 2 is 2.10 bits per heavy atom. The van der Waals surface area contributed by atoms with E-state index in [1.165, 1.54) is 6.92 Å². The number of ketones is 1. The number of Topliss-reactive ketones (excluding diaryl/α,β-unsaturated/α-hetero) is 1. The maximum Gasteiger partial charge on any atom is 0.268 e. The molecule has 5 nitrogen and oxygen atoms in total. The highest BCUT2D eigenvalue weighted by Gasteiger charge is 2.41. The van der Waals surface area contributed by atoms with E-state index >= 15 is 0 Å². The third-order valence-corrected chi connectivity index (χ3v) is 3.95. The van der Waals surface area contributed by atoms with Crippen LogP contribution >= 0.6 is 12.4 Å². The molecule has 1 unspecified atom stereocenters. The van der Waals surface area contributed by atoms with Crippen molar-refractivity contribution in [1.82, 2.24) is 9.88 Å². The van der Waals surface area contributed by atoms with Crippen molar-refractivity contribution in [2.75, 3.05) is 6.54 Å². The molecule has 0 radical (unpaired) electrons. The lowest BCUT2D eigenvalue weighted by atomic mass is 9.96. The minimum absolute atomic E-state index is 0. The van der Waals surface area contributed by atoms with E-state index < -0.39 is 0 Å². The van der Waals surface area contributed by atoms with Crippen LogP contribution in [-0.2, 0) is 7.05 Å². The molecule has 3 N–H and O–H groups in total. The number of carbonyl (C=O) groups is 2. The average molecular weight is 300 g/mol. The summed E-state index contributed by atoms with van der Waals surface area (Å²) < 4.78 is 1.68. The summed E-state index contributed by atoms with van der Waals surface area (Å²) in [6, 6.07) is 1.63. The minimum atomic E-state index is -0.349. The predicted octanol–water partition coefficient (Wildman–Crippen LogP) is 1.51. The Hall–Kier alpha value is -1.33. The van der Waals surface area contributed by atoms with Gasteiger partial charge in [-0.25, -0.2) is 0 Å². The second-order valence-corrected chi connectivity index (χ2v) is 5.63. The van der Waals surface area contributed by atoms with Gasteiger partial charge in [0.15, 0.2) is 5.78 Å². The highest BCUT2D eigenvalue weighted by molar-refractivity contribution is 5.99. The van der Waals surface area contributed by atoms with Crippen LogP contribution in [0.4, 0.5) is 0 Å². The number of nitrogens with one attached hydrogen (secondary N) is 1. The van der Waals surface area contributed by atoms with Gasteiger partial charge >= 0.3 is 0 Å². The van der Waals surface area contributed by atoms with Crippen LogP contribution in [0.2, 0.25) is 0 Å². The standard InChI is InChI=1S/C14H21N3O2.ClH/c1-9(18)10-6-12(17(3)7-10)13(19)16-14(2,8-15)11-4-5-11;/h6-7,11H,4-5,8,15H2,1-3H3,(H,16,19);1H. The number of aromatic nitrogens is 1. The van der Waals surface area contributed by atoms with Crippen LogP contribution in [0.1, 0.15) is 47.5 Å². The lowest BCUT2D eigenvalue weighted by Crippen LogP contribution is -2.53. The lowest BCUT2D eigenvalue weighted by molar-refractivity contribution is 0.0889. The maximum atomic E-state index is 12.3. The first kappa shape index (κ1) is 16.7. The van der Waals surface area contributed by atoms with Crippen LogP contribution in [0.3, 0.4) is 0 Å². The topological polar surface area (TPSA) is 77.1 Å². The molecular weight excluding hydrogens is 278 g/mol. The number of hydrogen-bond acceptors (Lipinski definition) is 3. The first-order valence-electron chi connectivity index (χ1n) is 6.57. The minimum Gasteiger partial charge on any atom is -0.346 e. The van der Waals surface area contributed by atoms with Crippen LogP contribution in [0.15, 0.2) is 12.3 Å². The van der Waals surface area contributed by atoms with Crippen molar-refractivity contribution in [3.63, 3.8) is 0 Å². The van der Waals surface area contributed by atoms with E-state index in [2.05, 4.69) is 5.32 Å². The molecule has 2 rings (SSSR count). The van der Waals surface area contributed by atoms with Crippen LogP contribution in [-0.4, -0.2) is 28.3 Å². The van der Waals surface area contributed by atoms with Gasteiger partial charge in [0.1, 0.15) is 5.69 Å². The molecule has 1 aliphatic carbocycles. The summed E-state index contributed by atoms with van der Waals surface area (Å²) in [6.07, 6.45) is 3.90. The number of aryl methyl sites for hydroxylation is 1. The molecule has 112 valence electrons. The number of carbonyl (C=O) groups excluding carboxylic acids is 2. The molecule has 0 aliphatic heterocycles. The Morgan fingerprint density at radius 1 is 1.50 bits per heavy atom. The molecule has 20 heavy (non-hydrogen) atoms. The first-order chi connectivity index (χ1) is 8.87. The van der Waals surface area contributed by atoms with Gasteiger partial charge in [0.25, 0.3) is 5.91 Å². The number of hydrogen-bond donors (Lipinski definition) is 2. The van der Waals surface area contributed by atoms with Gasteiger partial charge in [0.2, 0.25) is 0 Å². The van der Waals surface area contributed by atoms with Crippen molar-refractivity contribution < 1.29 is 9.59 Å². The van der Waals surface area contributed by atoms with E-state index in [0.29, 0.717) is 23.7 Å². The smallest absolute Gasteiger partial charge is 0.268 e. The molecule has 1 aliphatic rings. The fraction of sp³-hybridized carbons (Fsp3) is 0.571. The third-order valence-electron chi connectivity index (χ3n) is 3.95. The molecule has 6 heteroatoms. The molecule has 1 saturated carbocycles. The Bertz CT molecular complexity index is 522. The highest BCUT2D eigenvalue weighted by atomic mass is 35.5. The van der Waals surface area contributed by atoms with Crippen molar-refractivity contribution in [3.05, 3.63) is 23.5 Å². The van der Waals surface area contributed by atoms with Crippen LogP contribution < -0.4 is 11.1 Å². The van der Waals surface area contributed by atoms with Crippen molar-refractivity contribution >= 4 is 24.1 Å². The van der Waals surface area contributed by atoms with Crippen molar-refractivity contribution in [2.45, 2.75) is 32.2 Å². The summed E-state index contributed by atoms with van der Waals surface area (Å²) in [6.45, 7) is 3.90. The first-order valence-corrected chi connectivity index (χ1v) is 6.57. The molecule has 1 heterocycles. The normalized spacial score (nSPS) is 17.0. The summed E-state index contributed by atoms with van der Waals surface area (Å²) in [5, 5.41) is 3.02. The summed E-state index contributed by atoms with van der Waals surface area (Å²) in [4.78, 5) is 23.6. The number of nitrogens with two attached hydrogens (primary N) is 1. The van der Waals surface area contributed by atoms with Gasteiger partial charge in [-0.1, -0.05) is 0 Å². The highest BCUT2D eigenvalue weighted by Crippen LogP contribution is 2.39. The quantitative estimate of drug-likeness (QED) is 0.809. The fourth-order valence-electron chi connectivity index (χ4n) is 2.35. The van der Waals surface area contributed by atoms with E-state index in [-0.39, 0.29) is 29.6 Å². The molecule has 0 spiro atoms. The van der Waals surface area contributed by atoms with Gasteiger partial charge in [0, 0.05) is 25.4 Å². The van der Waals surface area contributed by atoms with Crippen LogP contribution in [0.25, 0.3) is 0 Å². The summed E-state index contributed by atoms with van der Waals surface area (Å²) >= 11 is 0. The summed E-state index contributed by atoms with van der Waals surface area (Å²) in [7, 11) is 1.76. The van der Waals surface area contributed by atoms with E-state index in [1.807, 2.05) is 6.92 Å².